The van der Waals surface area contributed by atoms with E-state index in [4.69, 9.17) is 10.6 Å². The van der Waals surface area contributed by atoms with Crippen molar-refractivity contribution in [3.63, 3.8) is 0 Å². The number of H-pyrrole nitrogens is 1. The molecule has 0 aliphatic carbocycles. The van der Waals surface area contributed by atoms with Gasteiger partial charge in [0.2, 0.25) is 0 Å². The van der Waals surface area contributed by atoms with E-state index in [9.17, 15) is 14.7 Å². The highest BCUT2D eigenvalue weighted by molar-refractivity contribution is 5.01. The zero-order valence-electron chi connectivity index (χ0n) is 10.4. The average Bonchev–Trinajstić information content (AvgIpc) is 2.77. The summed E-state index contributed by atoms with van der Waals surface area (Å²) in [5.41, 5.74) is -0.573. The quantitative estimate of drug-likeness (QED) is 0.262. The number of aromatic amines is 1. The summed E-state index contributed by atoms with van der Waals surface area (Å²) in [5.74, 6) is 5.04. The maximum Gasteiger partial charge on any atom is 0.330 e. The van der Waals surface area contributed by atoms with Crippen LogP contribution in [0.5, 0.6) is 0 Å². The monoisotopic (exact) mass is 270 g/mol. The molecule has 0 bridgehead atoms. The molecule has 5 N–H and O–H groups in total. The minimum atomic E-state index is -0.584. The van der Waals surface area contributed by atoms with E-state index in [2.05, 4.69) is 15.3 Å². The van der Waals surface area contributed by atoms with Crippen LogP contribution in [-0.4, -0.2) is 33.4 Å². The normalized spacial score (nSPS) is 27.2. The zero-order chi connectivity index (χ0) is 14.0. The van der Waals surface area contributed by atoms with Crippen LogP contribution in [0.25, 0.3) is 0 Å². The van der Waals surface area contributed by atoms with Gasteiger partial charge in [0, 0.05) is 18.2 Å². The van der Waals surface area contributed by atoms with Crippen LogP contribution < -0.4 is 22.2 Å². The van der Waals surface area contributed by atoms with Gasteiger partial charge in [0.1, 0.15) is 18.4 Å². The van der Waals surface area contributed by atoms with Crippen LogP contribution in [0.1, 0.15) is 18.2 Å². The third-order valence-corrected chi connectivity index (χ3v) is 3.11. The predicted octanol–water partition coefficient (Wildman–Crippen LogP) is -3.10. The SMILES string of the molecule is Cc1cn([C@H]2C[C@@H]([NH+]=NN)[C@@H](CO)O2)c(=O)[nH]c1=O. The minimum Gasteiger partial charge on any atom is -0.393 e. The van der Waals surface area contributed by atoms with Crippen LogP contribution >= 0.6 is 0 Å². The van der Waals surface area contributed by atoms with Gasteiger partial charge in [0.05, 0.1) is 11.8 Å². The Labute approximate surface area is 107 Å². The first-order chi connectivity index (χ1) is 9.06. The molecule has 0 aromatic carbocycles. The summed E-state index contributed by atoms with van der Waals surface area (Å²) in [7, 11) is 0. The third-order valence-electron chi connectivity index (χ3n) is 3.11. The van der Waals surface area contributed by atoms with Gasteiger partial charge < -0.3 is 9.84 Å². The van der Waals surface area contributed by atoms with Gasteiger partial charge in [-0.3, -0.25) is 14.3 Å². The molecule has 104 valence electrons. The number of aliphatic hydroxyl groups is 1. The molecule has 1 aliphatic heterocycles. The summed E-state index contributed by atoms with van der Waals surface area (Å²) < 4.78 is 6.84. The van der Waals surface area contributed by atoms with Gasteiger partial charge in [-0.2, -0.15) is 11.0 Å². The highest BCUT2D eigenvalue weighted by Gasteiger charge is 2.38. The number of aliphatic hydroxyl groups excluding tert-OH is 1. The first-order valence-electron chi connectivity index (χ1n) is 5.80. The van der Waals surface area contributed by atoms with Crippen molar-refractivity contribution >= 4 is 0 Å². The lowest BCUT2D eigenvalue weighted by Crippen LogP contribution is -2.77. The lowest BCUT2D eigenvalue weighted by Gasteiger charge is -2.14. The standard InChI is InChI=1S/C10H15N5O4/c1-5-3-15(10(18)12-9(5)17)8-2-6(13-14-11)7(4-16)19-8/h3,6-8,16H,2,4H2,1H3,(H2,11,13)(H,12,17,18)/p+1/t6-,7-,8-/m1/s1. The van der Waals surface area contributed by atoms with Crippen LogP contribution in [0.15, 0.2) is 21.0 Å². The molecule has 1 fully saturated rings. The molecule has 0 unspecified atom stereocenters. The van der Waals surface area contributed by atoms with Crippen molar-refractivity contribution in [1.29, 1.82) is 0 Å². The van der Waals surface area contributed by atoms with Crippen LogP contribution in [0.2, 0.25) is 0 Å². The Bertz CT molecular complexity index is 592. The van der Waals surface area contributed by atoms with Crippen molar-refractivity contribution in [2.24, 2.45) is 11.1 Å². The van der Waals surface area contributed by atoms with Gasteiger partial charge in [-0.05, 0) is 6.92 Å². The molecule has 2 heterocycles. The smallest absolute Gasteiger partial charge is 0.330 e. The number of hydrogen-bond donors (Lipinski definition) is 4. The van der Waals surface area contributed by atoms with Gasteiger partial charge >= 0.3 is 5.69 Å². The van der Waals surface area contributed by atoms with E-state index in [1.54, 1.807) is 6.92 Å². The van der Waals surface area contributed by atoms with Crippen LogP contribution in [-0.2, 0) is 4.74 Å². The lowest BCUT2D eigenvalue weighted by atomic mass is 10.1. The van der Waals surface area contributed by atoms with Crippen molar-refractivity contribution in [2.45, 2.75) is 31.7 Å². The maximum absolute atomic E-state index is 11.7. The maximum atomic E-state index is 11.7. The van der Waals surface area contributed by atoms with E-state index in [1.165, 1.54) is 10.8 Å². The fourth-order valence-corrected chi connectivity index (χ4v) is 2.10. The fraction of sp³-hybridized carbons (Fsp3) is 0.600. The Morgan fingerprint density at radius 2 is 2.42 bits per heavy atom. The number of ether oxygens (including phenoxy) is 1. The molecule has 0 radical (unpaired) electrons. The molecular formula is C10H16N5O4+. The minimum absolute atomic E-state index is 0.221. The third kappa shape index (κ3) is 2.56. The van der Waals surface area contributed by atoms with E-state index < -0.39 is 23.6 Å². The Morgan fingerprint density at radius 3 is 3.05 bits per heavy atom. The highest BCUT2D eigenvalue weighted by Crippen LogP contribution is 2.25. The van der Waals surface area contributed by atoms with Crippen LogP contribution in [0, 0.1) is 6.92 Å². The number of aryl methyl sites for hydroxylation is 1. The predicted molar refractivity (Wildman–Crippen MR) is 63.0 cm³/mol. The van der Waals surface area contributed by atoms with Gasteiger partial charge in [-0.25, -0.2) is 4.79 Å². The zero-order valence-corrected chi connectivity index (χ0v) is 10.4. The summed E-state index contributed by atoms with van der Waals surface area (Å²) in [6.45, 7) is 1.37. The molecule has 0 amide bonds. The van der Waals surface area contributed by atoms with E-state index >= 15 is 0 Å². The summed E-state index contributed by atoms with van der Waals surface area (Å²) in [4.78, 5) is 25.2. The Hall–Kier alpha value is -2.00. The van der Waals surface area contributed by atoms with Gasteiger partial charge in [0.25, 0.3) is 5.56 Å². The molecule has 0 saturated carbocycles. The fourth-order valence-electron chi connectivity index (χ4n) is 2.10. The second-order valence-electron chi connectivity index (χ2n) is 4.39. The molecule has 19 heavy (non-hydrogen) atoms. The van der Waals surface area contributed by atoms with Crippen LogP contribution in [0.4, 0.5) is 0 Å². The Kier molecular flexibility index (Phi) is 3.76. The summed E-state index contributed by atoms with van der Waals surface area (Å²) in [6.07, 6.45) is 0.732. The Morgan fingerprint density at radius 1 is 1.68 bits per heavy atom. The second-order valence-corrected chi connectivity index (χ2v) is 4.39. The molecule has 1 saturated heterocycles. The second kappa shape index (κ2) is 5.33. The molecule has 2 rings (SSSR count). The van der Waals surface area contributed by atoms with E-state index in [0.29, 0.717) is 12.0 Å². The number of rotatable bonds is 3. The molecule has 0 spiro atoms. The largest absolute Gasteiger partial charge is 0.393 e. The van der Waals surface area contributed by atoms with Gasteiger partial charge in [-0.1, -0.05) is 0 Å². The van der Waals surface area contributed by atoms with E-state index in [-0.39, 0.29) is 12.6 Å². The van der Waals surface area contributed by atoms with Crippen molar-refractivity contribution in [3.8, 4) is 0 Å². The number of aromatic nitrogens is 2. The summed E-state index contributed by atoms with van der Waals surface area (Å²) >= 11 is 0. The highest BCUT2D eigenvalue weighted by atomic mass is 16.5. The topological polar surface area (TPSA) is 137 Å². The number of nitrogens with two attached hydrogens (primary N) is 1. The molecule has 3 atom stereocenters. The molecule has 1 aliphatic rings. The van der Waals surface area contributed by atoms with Crippen molar-refractivity contribution < 1.29 is 15.0 Å². The lowest BCUT2D eigenvalue weighted by molar-refractivity contribution is -0.579. The Balaban J connectivity index is 2.32. The molecule has 1 aromatic heterocycles. The van der Waals surface area contributed by atoms with Gasteiger partial charge in [0.15, 0.2) is 0 Å². The van der Waals surface area contributed by atoms with Crippen molar-refractivity contribution in [3.05, 3.63) is 32.6 Å². The van der Waals surface area contributed by atoms with Crippen LogP contribution in [0.3, 0.4) is 0 Å². The molecule has 1 aromatic rings. The van der Waals surface area contributed by atoms with Gasteiger partial charge in [-0.15, -0.1) is 0 Å². The molecular weight excluding hydrogens is 254 g/mol. The van der Waals surface area contributed by atoms with E-state index in [0.717, 1.165) is 0 Å². The number of nitrogens with zero attached hydrogens (tertiary/aromatic N) is 2. The number of nitrogens with one attached hydrogen (secondary N) is 2. The number of hydrogen-bond acceptors (Lipinski definition) is 5. The molecule has 9 nitrogen and oxygen atoms in total. The first kappa shape index (κ1) is 13.4. The van der Waals surface area contributed by atoms with Crippen molar-refractivity contribution in [1.82, 2.24) is 9.55 Å². The summed E-state index contributed by atoms with van der Waals surface area (Å²) in [5, 5.41) is 15.1. The average molecular weight is 270 g/mol. The summed E-state index contributed by atoms with van der Waals surface area (Å²) in [6, 6.07) is -0.292. The first-order valence-corrected chi connectivity index (χ1v) is 5.80. The van der Waals surface area contributed by atoms with E-state index in [1.807, 2.05) is 0 Å². The van der Waals surface area contributed by atoms with Crippen molar-refractivity contribution in [2.75, 3.05) is 6.61 Å². The molecule has 9 heteroatoms.